The van der Waals surface area contributed by atoms with Gasteiger partial charge in [0.05, 0.1) is 5.38 Å². The Balaban J connectivity index is 1.83. The topological polar surface area (TPSA) is 0 Å². The molecule has 0 spiro atoms. The van der Waals surface area contributed by atoms with Crippen LogP contribution in [0.4, 0.5) is 4.39 Å². The third-order valence-corrected chi connectivity index (χ3v) is 4.58. The number of hydrogen-bond acceptors (Lipinski definition) is 0. The highest BCUT2D eigenvalue weighted by atomic mass is 35.5. The number of rotatable bonds is 2. The SMILES string of the molecule is Fc1ccccc1CC1CCc2ccccc2C1Cl. The average molecular weight is 275 g/mol. The van der Waals surface area contributed by atoms with E-state index in [0.29, 0.717) is 5.92 Å². The quantitative estimate of drug-likeness (QED) is 0.683. The molecule has 0 saturated carbocycles. The van der Waals surface area contributed by atoms with Gasteiger partial charge in [0.25, 0.3) is 0 Å². The molecule has 0 bridgehead atoms. The monoisotopic (exact) mass is 274 g/mol. The average Bonchev–Trinajstić information content (AvgIpc) is 2.44. The molecule has 0 nitrogen and oxygen atoms in total. The van der Waals surface area contributed by atoms with Gasteiger partial charge in [-0.2, -0.15) is 0 Å². The van der Waals surface area contributed by atoms with Gasteiger partial charge in [0, 0.05) is 0 Å². The summed E-state index contributed by atoms with van der Waals surface area (Å²) in [5, 5.41) is -0.00967. The second kappa shape index (κ2) is 5.34. The molecule has 3 rings (SSSR count). The molecule has 98 valence electrons. The molecule has 2 unspecified atom stereocenters. The van der Waals surface area contributed by atoms with E-state index in [1.54, 1.807) is 6.07 Å². The molecule has 0 aliphatic heterocycles. The van der Waals surface area contributed by atoms with Crippen molar-refractivity contribution in [3.05, 3.63) is 71.0 Å². The summed E-state index contributed by atoms with van der Waals surface area (Å²) < 4.78 is 13.7. The van der Waals surface area contributed by atoms with Gasteiger partial charge in [-0.05, 0) is 47.9 Å². The van der Waals surface area contributed by atoms with Crippen molar-refractivity contribution in [3.8, 4) is 0 Å². The lowest BCUT2D eigenvalue weighted by Gasteiger charge is -2.29. The highest BCUT2D eigenvalue weighted by Gasteiger charge is 2.28. The summed E-state index contributed by atoms with van der Waals surface area (Å²) >= 11 is 6.59. The lowest BCUT2D eigenvalue weighted by molar-refractivity contribution is 0.433. The Kier molecular flexibility index (Phi) is 3.56. The van der Waals surface area contributed by atoms with E-state index < -0.39 is 0 Å². The predicted octanol–water partition coefficient (Wildman–Crippen LogP) is 4.91. The van der Waals surface area contributed by atoms with Gasteiger partial charge in [-0.15, -0.1) is 11.6 Å². The maximum Gasteiger partial charge on any atom is 0.126 e. The Labute approximate surface area is 118 Å². The van der Waals surface area contributed by atoms with E-state index in [0.717, 1.165) is 24.8 Å². The molecule has 0 aromatic heterocycles. The standard InChI is InChI=1S/C17H16ClF/c18-17-14(11-13-6-2-4-8-16(13)19)10-9-12-5-1-3-7-15(12)17/h1-8,14,17H,9-11H2. The van der Waals surface area contributed by atoms with E-state index in [2.05, 4.69) is 18.2 Å². The molecule has 0 heterocycles. The van der Waals surface area contributed by atoms with Crippen LogP contribution in [0.15, 0.2) is 48.5 Å². The van der Waals surface area contributed by atoms with Crippen LogP contribution in [-0.2, 0) is 12.8 Å². The maximum absolute atomic E-state index is 13.7. The van der Waals surface area contributed by atoms with E-state index >= 15 is 0 Å². The van der Waals surface area contributed by atoms with Gasteiger partial charge in [0.2, 0.25) is 0 Å². The first-order valence-corrected chi connectivity index (χ1v) is 7.14. The normalized spacial score (nSPS) is 22.0. The van der Waals surface area contributed by atoms with Crippen molar-refractivity contribution in [2.45, 2.75) is 24.6 Å². The molecule has 1 aliphatic carbocycles. The fraction of sp³-hybridized carbons (Fsp3) is 0.294. The van der Waals surface area contributed by atoms with Crippen LogP contribution in [0.5, 0.6) is 0 Å². The Hall–Kier alpha value is -1.34. The zero-order chi connectivity index (χ0) is 13.2. The molecule has 2 heteroatoms. The Morgan fingerprint density at radius 2 is 1.79 bits per heavy atom. The van der Waals surface area contributed by atoms with Crippen LogP contribution < -0.4 is 0 Å². The Morgan fingerprint density at radius 1 is 1.05 bits per heavy atom. The molecule has 0 fully saturated rings. The van der Waals surface area contributed by atoms with Gasteiger partial charge in [0.1, 0.15) is 5.82 Å². The largest absolute Gasteiger partial charge is 0.207 e. The van der Waals surface area contributed by atoms with Gasteiger partial charge in [-0.25, -0.2) is 4.39 Å². The van der Waals surface area contributed by atoms with Gasteiger partial charge < -0.3 is 0 Å². The molecule has 1 aliphatic rings. The summed E-state index contributed by atoms with van der Waals surface area (Å²) in [5.41, 5.74) is 3.33. The fourth-order valence-electron chi connectivity index (χ4n) is 2.92. The smallest absolute Gasteiger partial charge is 0.126 e. The third-order valence-electron chi connectivity index (χ3n) is 3.99. The summed E-state index contributed by atoms with van der Waals surface area (Å²) in [6.45, 7) is 0. The van der Waals surface area contributed by atoms with Crippen molar-refractivity contribution < 1.29 is 4.39 Å². The zero-order valence-corrected chi connectivity index (χ0v) is 11.4. The summed E-state index contributed by atoms with van der Waals surface area (Å²) in [5.74, 6) is 0.193. The Bertz CT molecular complexity index is 579. The molecule has 2 aromatic carbocycles. The summed E-state index contributed by atoms with van der Waals surface area (Å²) in [6, 6.07) is 15.3. The minimum absolute atomic E-state index is 0.00967. The minimum atomic E-state index is -0.120. The summed E-state index contributed by atoms with van der Waals surface area (Å²) in [6.07, 6.45) is 2.78. The van der Waals surface area contributed by atoms with E-state index in [-0.39, 0.29) is 11.2 Å². The van der Waals surface area contributed by atoms with Crippen LogP contribution in [0.2, 0.25) is 0 Å². The van der Waals surface area contributed by atoms with Crippen molar-refractivity contribution in [2.24, 2.45) is 5.92 Å². The lowest BCUT2D eigenvalue weighted by atomic mass is 9.80. The van der Waals surface area contributed by atoms with E-state index in [4.69, 9.17) is 11.6 Å². The van der Waals surface area contributed by atoms with Crippen LogP contribution in [0, 0.1) is 11.7 Å². The number of alkyl halides is 1. The first-order chi connectivity index (χ1) is 9.25. The molecule has 0 saturated heterocycles. The molecule has 2 atom stereocenters. The Morgan fingerprint density at radius 3 is 2.63 bits per heavy atom. The van der Waals surface area contributed by atoms with E-state index in [9.17, 15) is 4.39 Å². The van der Waals surface area contributed by atoms with Crippen molar-refractivity contribution in [3.63, 3.8) is 0 Å². The molecule has 19 heavy (non-hydrogen) atoms. The van der Waals surface area contributed by atoms with Crippen molar-refractivity contribution >= 4 is 11.6 Å². The van der Waals surface area contributed by atoms with Crippen LogP contribution in [0.25, 0.3) is 0 Å². The predicted molar refractivity (Wildman–Crippen MR) is 77.0 cm³/mol. The lowest BCUT2D eigenvalue weighted by Crippen LogP contribution is -2.19. The van der Waals surface area contributed by atoms with E-state index in [1.165, 1.54) is 17.2 Å². The summed E-state index contributed by atoms with van der Waals surface area (Å²) in [4.78, 5) is 0. The highest BCUT2D eigenvalue weighted by Crippen LogP contribution is 2.40. The van der Waals surface area contributed by atoms with Gasteiger partial charge in [0.15, 0.2) is 0 Å². The van der Waals surface area contributed by atoms with Crippen LogP contribution in [-0.4, -0.2) is 0 Å². The first kappa shape index (κ1) is 12.7. The number of halogens is 2. The first-order valence-electron chi connectivity index (χ1n) is 6.71. The molecule has 0 radical (unpaired) electrons. The number of fused-ring (bicyclic) bond motifs is 1. The maximum atomic E-state index is 13.7. The van der Waals surface area contributed by atoms with Gasteiger partial charge in [-0.1, -0.05) is 42.5 Å². The molecule has 2 aromatic rings. The second-order valence-electron chi connectivity index (χ2n) is 5.19. The number of hydrogen-bond donors (Lipinski definition) is 0. The van der Waals surface area contributed by atoms with E-state index in [1.807, 2.05) is 18.2 Å². The molecule has 0 amide bonds. The van der Waals surface area contributed by atoms with Gasteiger partial charge >= 0.3 is 0 Å². The number of benzene rings is 2. The molecule has 0 N–H and O–H groups in total. The highest BCUT2D eigenvalue weighted by molar-refractivity contribution is 6.21. The fourth-order valence-corrected chi connectivity index (χ4v) is 3.35. The second-order valence-corrected chi connectivity index (χ2v) is 5.67. The number of aryl methyl sites for hydroxylation is 1. The van der Waals surface area contributed by atoms with Crippen molar-refractivity contribution in [1.29, 1.82) is 0 Å². The summed E-state index contributed by atoms with van der Waals surface area (Å²) in [7, 11) is 0. The van der Waals surface area contributed by atoms with Crippen molar-refractivity contribution in [2.75, 3.05) is 0 Å². The van der Waals surface area contributed by atoms with Gasteiger partial charge in [-0.3, -0.25) is 0 Å². The third kappa shape index (κ3) is 2.52. The molecular weight excluding hydrogens is 259 g/mol. The van der Waals surface area contributed by atoms with Crippen LogP contribution >= 0.6 is 11.6 Å². The van der Waals surface area contributed by atoms with Crippen LogP contribution in [0.1, 0.15) is 28.5 Å². The molecular formula is C17H16ClF. The van der Waals surface area contributed by atoms with Crippen LogP contribution in [0.3, 0.4) is 0 Å². The van der Waals surface area contributed by atoms with Crippen molar-refractivity contribution in [1.82, 2.24) is 0 Å². The minimum Gasteiger partial charge on any atom is -0.207 e. The zero-order valence-electron chi connectivity index (χ0n) is 10.7.